The van der Waals surface area contributed by atoms with Crippen molar-refractivity contribution >= 4 is 23.6 Å². The highest BCUT2D eigenvalue weighted by Crippen LogP contribution is 2.33. The average molecular weight is 418 g/mol. The Labute approximate surface area is 178 Å². The largest absolute Gasteiger partial charge is 0.496 e. The van der Waals surface area contributed by atoms with E-state index in [1.807, 2.05) is 12.1 Å². The Bertz CT molecular complexity index is 1190. The number of anilines is 1. The van der Waals surface area contributed by atoms with E-state index in [1.54, 1.807) is 55.7 Å². The average Bonchev–Trinajstić information content (AvgIpc) is 2.79. The molecule has 6 nitrogen and oxygen atoms in total. The van der Waals surface area contributed by atoms with E-state index in [4.69, 9.17) is 9.47 Å². The molecule has 0 bridgehead atoms. The first-order chi connectivity index (χ1) is 15.0. The number of hydrogen-bond donors (Lipinski definition) is 2. The fourth-order valence-corrected chi connectivity index (χ4v) is 3.15. The van der Waals surface area contributed by atoms with Gasteiger partial charge in [0.05, 0.1) is 12.8 Å². The lowest BCUT2D eigenvalue weighted by Crippen LogP contribution is -2.26. The van der Waals surface area contributed by atoms with E-state index in [0.717, 1.165) is 0 Å². The van der Waals surface area contributed by atoms with Gasteiger partial charge < -0.3 is 20.1 Å². The third kappa shape index (κ3) is 4.40. The maximum Gasteiger partial charge on any atom is 0.291 e. The lowest BCUT2D eigenvalue weighted by Gasteiger charge is -2.21. The number of fused-ring (bicyclic) bond motifs is 1. The van der Waals surface area contributed by atoms with Crippen molar-refractivity contribution in [1.29, 1.82) is 0 Å². The third-order valence-corrected chi connectivity index (χ3v) is 4.76. The molecule has 3 aromatic rings. The monoisotopic (exact) mass is 418 g/mol. The van der Waals surface area contributed by atoms with Gasteiger partial charge in [-0.3, -0.25) is 9.59 Å². The van der Waals surface area contributed by atoms with Crippen LogP contribution in [0.3, 0.4) is 0 Å². The number of hydrogen-bond acceptors (Lipinski definition) is 4. The molecule has 0 fully saturated rings. The first-order valence-corrected chi connectivity index (χ1v) is 9.55. The summed E-state index contributed by atoms with van der Waals surface area (Å²) in [6, 6.07) is 18.2. The van der Waals surface area contributed by atoms with Crippen LogP contribution >= 0.6 is 0 Å². The van der Waals surface area contributed by atoms with Crippen molar-refractivity contribution in [3.63, 3.8) is 0 Å². The zero-order chi connectivity index (χ0) is 21.8. The summed E-state index contributed by atoms with van der Waals surface area (Å²) < 4.78 is 24.8. The number of halogens is 1. The van der Waals surface area contributed by atoms with Crippen LogP contribution in [-0.2, 0) is 11.3 Å². The number of carbonyl (C=O) groups is 2. The second-order valence-corrected chi connectivity index (χ2v) is 6.79. The number of ether oxygens (including phenoxy) is 2. The zero-order valence-corrected chi connectivity index (χ0v) is 16.6. The first kappa shape index (κ1) is 20.2. The van der Waals surface area contributed by atoms with Gasteiger partial charge in [0, 0.05) is 23.2 Å². The normalized spacial score (nSPS) is 13.7. The molecule has 0 saturated carbocycles. The number of carbonyl (C=O) groups excluding carboxylic acids is 2. The van der Waals surface area contributed by atoms with Crippen molar-refractivity contribution in [1.82, 2.24) is 5.32 Å². The number of para-hydroxylation sites is 1. The van der Waals surface area contributed by atoms with Gasteiger partial charge in [-0.15, -0.1) is 0 Å². The van der Waals surface area contributed by atoms with Crippen LogP contribution in [0.4, 0.5) is 10.1 Å². The summed E-state index contributed by atoms with van der Waals surface area (Å²) >= 11 is 0. The minimum absolute atomic E-state index is 0.0528. The maximum atomic E-state index is 13.7. The molecule has 2 amide bonds. The molecule has 0 aliphatic carbocycles. The van der Waals surface area contributed by atoms with Crippen LogP contribution in [0, 0.1) is 5.82 Å². The second-order valence-electron chi connectivity index (χ2n) is 6.79. The van der Waals surface area contributed by atoms with Crippen molar-refractivity contribution < 1.29 is 23.5 Å². The van der Waals surface area contributed by atoms with Crippen LogP contribution in [0.1, 0.15) is 21.5 Å². The van der Waals surface area contributed by atoms with Gasteiger partial charge in [-0.2, -0.15) is 0 Å². The van der Waals surface area contributed by atoms with Gasteiger partial charge in [0.1, 0.15) is 11.6 Å². The molecule has 4 rings (SSSR count). The minimum Gasteiger partial charge on any atom is -0.496 e. The van der Waals surface area contributed by atoms with Crippen LogP contribution < -0.4 is 20.1 Å². The Morgan fingerprint density at radius 2 is 1.90 bits per heavy atom. The summed E-state index contributed by atoms with van der Waals surface area (Å²) in [5, 5.41) is 5.40. The number of rotatable bonds is 5. The van der Waals surface area contributed by atoms with Crippen LogP contribution in [-0.4, -0.2) is 18.9 Å². The zero-order valence-electron chi connectivity index (χ0n) is 16.6. The van der Waals surface area contributed by atoms with E-state index in [-0.39, 0.29) is 18.1 Å². The molecule has 0 aromatic heterocycles. The van der Waals surface area contributed by atoms with Crippen molar-refractivity contribution in [3.05, 3.63) is 95.0 Å². The number of methoxy groups -OCH3 is 1. The molecular weight excluding hydrogens is 399 g/mol. The molecule has 31 heavy (non-hydrogen) atoms. The fourth-order valence-electron chi connectivity index (χ4n) is 3.15. The van der Waals surface area contributed by atoms with Crippen LogP contribution in [0.2, 0.25) is 0 Å². The third-order valence-electron chi connectivity index (χ3n) is 4.76. The SMILES string of the molecule is COc1ccccc1C=C1Oc2ccc(C(=O)NCc3ccccc3F)cc2NC1=O. The van der Waals surface area contributed by atoms with E-state index in [1.165, 1.54) is 12.1 Å². The maximum absolute atomic E-state index is 13.7. The quantitative estimate of drug-likeness (QED) is 0.611. The molecular formula is C24H19FN2O4. The van der Waals surface area contributed by atoms with Crippen molar-refractivity contribution in [2.45, 2.75) is 6.54 Å². The summed E-state index contributed by atoms with van der Waals surface area (Å²) in [5.41, 5.74) is 1.77. The van der Waals surface area contributed by atoms with Crippen molar-refractivity contribution in [3.8, 4) is 11.5 Å². The Balaban J connectivity index is 1.51. The van der Waals surface area contributed by atoms with Crippen LogP contribution in [0.5, 0.6) is 11.5 Å². The molecule has 0 spiro atoms. The van der Waals surface area contributed by atoms with Crippen molar-refractivity contribution in [2.75, 3.05) is 12.4 Å². The number of amides is 2. The highest BCUT2D eigenvalue weighted by Gasteiger charge is 2.23. The minimum atomic E-state index is -0.442. The van der Waals surface area contributed by atoms with Gasteiger partial charge in [0.2, 0.25) is 0 Å². The lowest BCUT2D eigenvalue weighted by molar-refractivity contribution is -0.115. The summed E-state index contributed by atoms with van der Waals surface area (Å²) in [4.78, 5) is 25.0. The van der Waals surface area contributed by atoms with Crippen molar-refractivity contribution in [2.24, 2.45) is 0 Å². The van der Waals surface area contributed by atoms with Gasteiger partial charge in [-0.25, -0.2) is 4.39 Å². The Morgan fingerprint density at radius 1 is 1.13 bits per heavy atom. The summed E-state index contributed by atoms with van der Waals surface area (Å²) in [7, 11) is 1.55. The summed E-state index contributed by atoms with van der Waals surface area (Å²) in [6.45, 7) is 0.0528. The number of benzene rings is 3. The highest BCUT2D eigenvalue weighted by molar-refractivity contribution is 6.09. The van der Waals surface area contributed by atoms with Gasteiger partial charge in [0.15, 0.2) is 11.5 Å². The Kier molecular flexibility index (Phi) is 5.66. The van der Waals surface area contributed by atoms with Gasteiger partial charge >= 0.3 is 0 Å². The molecule has 7 heteroatoms. The molecule has 1 heterocycles. The van der Waals surface area contributed by atoms with Gasteiger partial charge in [-0.05, 0) is 36.4 Å². The molecule has 0 saturated heterocycles. The molecule has 1 aliphatic rings. The van der Waals surface area contributed by atoms with E-state index in [0.29, 0.717) is 33.9 Å². The fraction of sp³-hybridized carbons (Fsp3) is 0.0833. The predicted octanol–water partition coefficient (Wildman–Crippen LogP) is 4.14. The molecule has 2 N–H and O–H groups in total. The van der Waals surface area contributed by atoms with Crippen LogP contribution in [0.25, 0.3) is 6.08 Å². The number of nitrogens with one attached hydrogen (secondary N) is 2. The van der Waals surface area contributed by atoms with E-state index < -0.39 is 11.8 Å². The highest BCUT2D eigenvalue weighted by atomic mass is 19.1. The molecule has 156 valence electrons. The molecule has 1 aliphatic heterocycles. The molecule has 0 radical (unpaired) electrons. The second kappa shape index (κ2) is 8.71. The predicted molar refractivity (Wildman–Crippen MR) is 114 cm³/mol. The Hall–Kier alpha value is -4.13. The first-order valence-electron chi connectivity index (χ1n) is 9.55. The lowest BCUT2D eigenvalue weighted by atomic mass is 10.1. The van der Waals surface area contributed by atoms with E-state index in [2.05, 4.69) is 10.6 Å². The summed E-state index contributed by atoms with van der Waals surface area (Å²) in [5.74, 6) is -0.0968. The topological polar surface area (TPSA) is 76.7 Å². The molecule has 0 atom stereocenters. The Morgan fingerprint density at radius 3 is 2.71 bits per heavy atom. The van der Waals surface area contributed by atoms with E-state index >= 15 is 0 Å². The van der Waals surface area contributed by atoms with Gasteiger partial charge in [-0.1, -0.05) is 36.4 Å². The smallest absolute Gasteiger partial charge is 0.291 e. The molecule has 3 aromatic carbocycles. The molecule has 0 unspecified atom stereocenters. The summed E-state index contributed by atoms with van der Waals surface area (Å²) in [6.07, 6.45) is 1.59. The standard InChI is InChI=1S/C24H19FN2O4/c1-30-20-9-5-3-6-15(20)13-22-24(29)27-19-12-16(10-11-21(19)31-22)23(28)26-14-17-7-2-4-8-18(17)25/h2-13H,14H2,1H3,(H,26,28)(H,27,29). The van der Waals surface area contributed by atoms with E-state index in [9.17, 15) is 14.0 Å². The van der Waals surface area contributed by atoms with Crippen LogP contribution in [0.15, 0.2) is 72.5 Å². The van der Waals surface area contributed by atoms with Gasteiger partial charge in [0.25, 0.3) is 11.8 Å².